The fourth-order valence-electron chi connectivity index (χ4n) is 1.87. The third-order valence-electron chi connectivity index (χ3n) is 2.90. The van der Waals surface area contributed by atoms with Crippen LogP contribution in [0, 0.1) is 0 Å². The molecule has 1 rings (SSSR count). The number of benzene rings is 1. The molecule has 0 heterocycles. The lowest BCUT2D eigenvalue weighted by Crippen LogP contribution is -2.45. The second kappa shape index (κ2) is 8.01. The van der Waals surface area contributed by atoms with Gasteiger partial charge in [0, 0.05) is 0 Å². The maximum Gasteiger partial charge on any atom is 0.408 e. The van der Waals surface area contributed by atoms with Crippen molar-refractivity contribution < 1.29 is 24.2 Å². The summed E-state index contributed by atoms with van der Waals surface area (Å²) in [5.74, 6) is -1.82. The van der Waals surface area contributed by atoms with Crippen molar-refractivity contribution in [3.8, 4) is 0 Å². The minimum absolute atomic E-state index is 0.00782. The third kappa shape index (κ3) is 5.73. The van der Waals surface area contributed by atoms with Crippen LogP contribution in [-0.2, 0) is 9.53 Å². The Morgan fingerprint density at radius 3 is 2.42 bits per heavy atom. The van der Waals surface area contributed by atoms with Crippen LogP contribution < -0.4 is 10.6 Å². The molecule has 7 nitrogen and oxygen atoms in total. The Labute approximate surface area is 145 Å². The molecule has 1 aromatic carbocycles. The molecule has 8 heteroatoms. The molecule has 0 spiro atoms. The van der Waals surface area contributed by atoms with Crippen LogP contribution in [-0.4, -0.2) is 34.7 Å². The monoisotopic (exact) mass is 356 g/mol. The van der Waals surface area contributed by atoms with Crippen molar-refractivity contribution in [2.45, 2.75) is 45.8 Å². The number of hydrogen-bond acceptors (Lipinski definition) is 4. The summed E-state index contributed by atoms with van der Waals surface area (Å²) in [7, 11) is 0. The molecule has 0 saturated heterocycles. The van der Waals surface area contributed by atoms with Crippen LogP contribution in [0.1, 0.15) is 44.5 Å². The quantitative estimate of drug-likeness (QED) is 0.750. The molecule has 0 aliphatic heterocycles. The lowest BCUT2D eigenvalue weighted by atomic mass is 10.1. The molecule has 2 amide bonds. The first-order valence-electron chi connectivity index (χ1n) is 7.37. The highest BCUT2D eigenvalue weighted by Gasteiger charge is 2.24. The van der Waals surface area contributed by atoms with Crippen LogP contribution in [0.5, 0.6) is 0 Å². The molecule has 0 aliphatic carbocycles. The van der Waals surface area contributed by atoms with Crippen molar-refractivity contribution in [3.05, 3.63) is 28.8 Å². The number of aromatic carboxylic acids is 1. The lowest BCUT2D eigenvalue weighted by molar-refractivity contribution is -0.118. The highest BCUT2D eigenvalue weighted by Crippen LogP contribution is 2.24. The van der Waals surface area contributed by atoms with E-state index in [9.17, 15) is 19.5 Å². The van der Waals surface area contributed by atoms with Gasteiger partial charge in [-0.25, -0.2) is 9.59 Å². The Morgan fingerprint density at radius 1 is 1.29 bits per heavy atom. The molecule has 0 saturated carbocycles. The molecule has 0 radical (unpaired) electrons. The zero-order valence-electron chi connectivity index (χ0n) is 14.0. The van der Waals surface area contributed by atoms with Crippen LogP contribution in [0.25, 0.3) is 0 Å². The van der Waals surface area contributed by atoms with Crippen molar-refractivity contribution in [1.29, 1.82) is 0 Å². The minimum Gasteiger partial charge on any atom is -0.478 e. The number of hydrogen-bond donors (Lipinski definition) is 3. The van der Waals surface area contributed by atoms with E-state index in [1.54, 1.807) is 27.7 Å². The van der Waals surface area contributed by atoms with Crippen molar-refractivity contribution >= 4 is 35.3 Å². The zero-order valence-corrected chi connectivity index (χ0v) is 14.7. The summed E-state index contributed by atoms with van der Waals surface area (Å²) < 4.78 is 5.11. The van der Waals surface area contributed by atoms with E-state index >= 15 is 0 Å². The van der Waals surface area contributed by atoms with Gasteiger partial charge in [-0.1, -0.05) is 24.6 Å². The van der Waals surface area contributed by atoms with Crippen molar-refractivity contribution in [1.82, 2.24) is 5.32 Å². The molecule has 0 bridgehead atoms. The number of carboxylic acid groups (broad SMARTS) is 1. The van der Waals surface area contributed by atoms with E-state index in [0.29, 0.717) is 6.42 Å². The first-order valence-corrected chi connectivity index (χ1v) is 7.75. The number of amides is 2. The number of halogens is 1. The van der Waals surface area contributed by atoms with Gasteiger partial charge in [0.25, 0.3) is 0 Å². The minimum atomic E-state index is -1.26. The topological polar surface area (TPSA) is 105 Å². The number of rotatable bonds is 5. The third-order valence-corrected chi connectivity index (χ3v) is 3.22. The number of carbonyl (C=O) groups excluding carboxylic acids is 2. The maximum absolute atomic E-state index is 12.3. The number of ether oxygens (including phenoxy) is 1. The number of nitrogens with one attached hydrogen (secondary N) is 2. The van der Waals surface area contributed by atoms with E-state index in [2.05, 4.69) is 10.6 Å². The smallest absolute Gasteiger partial charge is 0.408 e. The average Bonchev–Trinajstić information content (AvgIpc) is 2.42. The van der Waals surface area contributed by atoms with Gasteiger partial charge >= 0.3 is 12.1 Å². The number of alkyl carbamates (subject to hydrolysis) is 1. The molecule has 1 atom stereocenters. The largest absolute Gasteiger partial charge is 0.478 e. The van der Waals surface area contributed by atoms with Gasteiger partial charge in [0.2, 0.25) is 5.91 Å². The van der Waals surface area contributed by atoms with Gasteiger partial charge in [-0.3, -0.25) is 4.79 Å². The van der Waals surface area contributed by atoms with Gasteiger partial charge < -0.3 is 20.5 Å². The molecule has 1 aromatic rings. The summed E-state index contributed by atoms with van der Waals surface area (Å²) in [5, 5.41) is 14.1. The van der Waals surface area contributed by atoms with Crippen LogP contribution >= 0.6 is 11.6 Å². The molecule has 0 fully saturated rings. The normalized spacial score (nSPS) is 12.2. The van der Waals surface area contributed by atoms with Crippen molar-refractivity contribution in [3.63, 3.8) is 0 Å². The first-order chi connectivity index (χ1) is 11.0. The van der Waals surface area contributed by atoms with Crippen LogP contribution in [0.4, 0.5) is 10.5 Å². The molecular formula is C16H21ClN2O5. The van der Waals surface area contributed by atoms with Crippen LogP contribution in [0.2, 0.25) is 5.02 Å². The van der Waals surface area contributed by atoms with E-state index in [1.807, 2.05) is 0 Å². The second-order valence-corrected chi connectivity index (χ2v) is 6.47. The highest BCUT2D eigenvalue weighted by atomic mass is 35.5. The lowest BCUT2D eigenvalue weighted by Gasteiger charge is -2.23. The molecule has 0 unspecified atom stereocenters. The Hall–Kier alpha value is -2.28. The van der Waals surface area contributed by atoms with Gasteiger partial charge in [0.15, 0.2) is 0 Å². The van der Waals surface area contributed by atoms with E-state index in [-0.39, 0.29) is 16.3 Å². The fraction of sp³-hybridized carbons (Fsp3) is 0.438. The first kappa shape index (κ1) is 19.8. The summed E-state index contributed by atoms with van der Waals surface area (Å²) in [6.07, 6.45) is -0.428. The maximum atomic E-state index is 12.3. The van der Waals surface area contributed by atoms with Crippen LogP contribution in [0.15, 0.2) is 18.2 Å². The molecule has 0 aliphatic rings. The Morgan fingerprint density at radius 2 is 1.92 bits per heavy atom. The van der Waals surface area contributed by atoms with E-state index < -0.39 is 29.6 Å². The van der Waals surface area contributed by atoms with Crippen molar-refractivity contribution in [2.75, 3.05) is 5.32 Å². The van der Waals surface area contributed by atoms with Gasteiger partial charge in [-0.2, -0.15) is 0 Å². The average molecular weight is 357 g/mol. The SMILES string of the molecule is CC[C@H](NC(=O)OC(C)(C)C)C(=O)Nc1cccc(Cl)c1C(=O)O. The van der Waals surface area contributed by atoms with Gasteiger partial charge in [0.1, 0.15) is 17.2 Å². The molecule has 0 aromatic heterocycles. The summed E-state index contributed by atoms with van der Waals surface area (Å²) in [5.41, 5.74) is -0.841. The van der Waals surface area contributed by atoms with E-state index in [4.69, 9.17) is 16.3 Å². The summed E-state index contributed by atoms with van der Waals surface area (Å²) in [6, 6.07) is 3.48. The van der Waals surface area contributed by atoms with E-state index in [1.165, 1.54) is 18.2 Å². The molecule has 3 N–H and O–H groups in total. The molecule has 132 valence electrons. The van der Waals surface area contributed by atoms with Gasteiger partial charge in [0.05, 0.1) is 10.7 Å². The molecular weight excluding hydrogens is 336 g/mol. The van der Waals surface area contributed by atoms with E-state index in [0.717, 1.165) is 0 Å². The summed E-state index contributed by atoms with van der Waals surface area (Å²) in [4.78, 5) is 35.4. The van der Waals surface area contributed by atoms with Gasteiger partial charge in [-0.05, 0) is 39.3 Å². The predicted octanol–water partition coefficient (Wildman–Crippen LogP) is 3.28. The van der Waals surface area contributed by atoms with Crippen molar-refractivity contribution in [2.24, 2.45) is 0 Å². The summed E-state index contributed by atoms with van der Waals surface area (Å²) >= 11 is 5.86. The Kier molecular flexibility index (Phi) is 6.60. The Balaban J connectivity index is 2.88. The number of anilines is 1. The standard InChI is InChI=1S/C16H21ClN2O5/c1-5-10(19-15(23)24-16(2,3)4)13(20)18-11-8-6-7-9(17)12(11)14(21)22/h6-8,10H,5H2,1-4H3,(H,18,20)(H,19,23)(H,21,22)/t10-/m0/s1. The van der Waals surface area contributed by atoms with Crippen LogP contribution in [0.3, 0.4) is 0 Å². The Bertz CT molecular complexity index is 640. The molecule has 24 heavy (non-hydrogen) atoms. The van der Waals surface area contributed by atoms with Gasteiger partial charge in [-0.15, -0.1) is 0 Å². The highest BCUT2D eigenvalue weighted by molar-refractivity contribution is 6.34. The number of carbonyl (C=O) groups is 3. The zero-order chi connectivity index (χ0) is 18.5. The second-order valence-electron chi connectivity index (χ2n) is 6.06. The summed E-state index contributed by atoms with van der Waals surface area (Å²) in [6.45, 7) is 6.83. The predicted molar refractivity (Wildman–Crippen MR) is 90.5 cm³/mol. The number of carboxylic acids is 1. The fourth-order valence-corrected chi connectivity index (χ4v) is 2.12.